The topological polar surface area (TPSA) is 0 Å². The zero-order valence-electron chi connectivity index (χ0n) is 41.4. The molecule has 0 aromatic heterocycles. The summed E-state index contributed by atoms with van der Waals surface area (Å²) in [5, 5.41) is 3.78. The van der Waals surface area contributed by atoms with Crippen molar-refractivity contribution in [3.63, 3.8) is 0 Å². The summed E-state index contributed by atoms with van der Waals surface area (Å²) in [6.45, 7) is 16.8. The molecular weight excluding hydrogens is 975 g/mol. The number of halogens is 3. The molecule has 0 radical (unpaired) electrons. The predicted molar refractivity (Wildman–Crippen MR) is 290 cm³/mol. The normalized spacial score (nSPS) is 14.4. The summed E-state index contributed by atoms with van der Waals surface area (Å²) in [6, 6.07) is 82.7. The SMILES string of the molecule is CC1=C(C)C(C)([Si](c2cc(-c3ccccc3)c(C)cc2-c2ccccc2)(c2cc(-c3ccccc3)c(C)cc2-c2ccccc2)c2cc(-c3ccccc3)c(C)cc2-c2ccccc2)[C]([Ti+3])=C1C.[Cl-].[Cl-].[Cl-]. The number of aryl methyl sites for hydroxylation is 3. The molecule has 5 heteroatoms. The maximum Gasteiger partial charge on any atom is -1.00 e. The second-order valence-electron chi connectivity index (χ2n) is 19.0. The van der Waals surface area contributed by atoms with Crippen molar-refractivity contribution in [2.45, 2.75) is 53.5 Å². The van der Waals surface area contributed by atoms with Crippen LogP contribution < -0.4 is 52.8 Å². The molecule has 10 rings (SSSR count). The molecule has 0 nitrogen and oxygen atoms in total. The molecule has 0 heterocycles. The number of hydrogen-bond acceptors (Lipinski definition) is 0. The van der Waals surface area contributed by atoms with E-state index in [4.69, 9.17) is 0 Å². The van der Waals surface area contributed by atoms with Crippen LogP contribution in [0.15, 0.2) is 239 Å². The van der Waals surface area contributed by atoms with Crippen LogP contribution in [0.3, 0.4) is 0 Å². The Morgan fingerprint density at radius 2 is 0.535 bits per heavy atom. The number of hydrogen-bond donors (Lipinski definition) is 0. The maximum atomic E-state index is 2.67. The van der Waals surface area contributed by atoms with Gasteiger partial charge in [0.25, 0.3) is 0 Å². The van der Waals surface area contributed by atoms with Gasteiger partial charge in [0, 0.05) is 0 Å². The van der Waals surface area contributed by atoms with Gasteiger partial charge in [0.2, 0.25) is 0 Å². The molecule has 9 aromatic rings. The largest absolute Gasteiger partial charge is 1.00 e. The first-order chi connectivity index (χ1) is 33.0. The molecule has 0 N–H and O–H groups in total. The van der Waals surface area contributed by atoms with Gasteiger partial charge in [0.1, 0.15) is 0 Å². The van der Waals surface area contributed by atoms with E-state index in [1.807, 2.05) is 0 Å². The molecule has 0 bridgehead atoms. The van der Waals surface area contributed by atoms with Crippen LogP contribution in [-0.2, 0) is 20.4 Å². The molecular formula is C66H57Cl3SiTi. The van der Waals surface area contributed by atoms with E-state index < -0.39 is 13.1 Å². The molecule has 1 unspecified atom stereocenters. The zero-order valence-corrected chi connectivity index (χ0v) is 46.2. The van der Waals surface area contributed by atoms with Gasteiger partial charge in [-0.1, -0.05) is 0 Å². The Balaban J connectivity index is 0.00000247. The Hall–Kier alpha value is -5.74. The van der Waals surface area contributed by atoms with Crippen LogP contribution in [-0.4, -0.2) is 8.07 Å². The van der Waals surface area contributed by atoms with Gasteiger partial charge in [-0.25, -0.2) is 0 Å². The molecule has 1 aliphatic carbocycles. The van der Waals surface area contributed by atoms with Crippen molar-refractivity contribution in [2.24, 2.45) is 0 Å². The first kappa shape index (κ1) is 53.1. The van der Waals surface area contributed by atoms with Gasteiger partial charge in [-0.3, -0.25) is 0 Å². The maximum absolute atomic E-state index is 3.68. The van der Waals surface area contributed by atoms with E-state index in [9.17, 15) is 0 Å². The molecule has 0 aliphatic heterocycles. The number of allylic oxidation sites excluding steroid dienone is 4. The van der Waals surface area contributed by atoms with Gasteiger partial charge < -0.3 is 37.2 Å². The van der Waals surface area contributed by atoms with Crippen molar-refractivity contribution in [2.75, 3.05) is 0 Å². The van der Waals surface area contributed by atoms with Crippen LogP contribution in [0.5, 0.6) is 0 Å². The molecule has 0 saturated heterocycles. The van der Waals surface area contributed by atoms with Crippen molar-refractivity contribution >= 4 is 23.6 Å². The van der Waals surface area contributed by atoms with Crippen LogP contribution in [0.1, 0.15) is 44.4 Å². The third-order valence-corrected chi connectivity index (χ3v) is 22.9. The predicted octanol–water partition coefficient (Wildman–Crippen LogP) is 7.03. The van der Waals surface area contributed by atoms with E-state index in [2.05, 4.69) is 287 Å². The van der Waals surface area contributed by atoms with Crippen LogP contribution in [0, 0.1) is 20.8 Å². The Morgan fingerprint density at radius 1 is 0.310 bits per heavy atom. The van der Waals surface area contributed by atoms with Crippen molar-refractivity contribution in [1.29, 1.82) is 0 Å². The molecule has 0 amide bonds. The van der Waals surface area contributed by atoms with E-state index in [0.29, 0.717) is 0 Å². The second-order valence-corrected chi connectivity index (χ2v) is 23.9. The molecule has 0 fully saturated rings. The average molecular weight is 1030 g/mol. The summed E-state index contributed by atoms with van der Waals surface area (Å²) in [6.07, 6.45) is 0. The summed E-state index contributed by atoms with van der Waals surface area (Å²) < 4.78 is 1.45. The van der Waals surface area contributed by atoms with E-state index in [1.54, 1.807) is 0 Å². The van der Waals surface area contributed by atoms with Gasteiger partial charge in [0.05, 0.1) is 0 Å². The minimum atomic E-state index is -3.68. The fraction of sp³-hybridized carbons (Fsp3) is 0.121. The summed E-state index contributed by atoms with van der Waals surface area (Å²) in [7, 11) is -3.68. The van der Waals surface area contributed by atoms with Gasteiger partial charge in [0.15, 0.2) is 0 Å². The van der Waals surface area contributed by atoms with E-state index >= 15 is 0 Å². The zero-order chi connectivity index (χ0) is 47.2. The fourth-order valence-corrected chi connectivity index (χ4v) is 19.7. The summed E-state index contributed by atoms with van der Waals surface area (Å²) >= 11 is 2.47. The molecule has 1 atom stereocenters. The minimum absolute atomic E-state index is 0. The van der Waals surface area contributed by atoms with Crippen LogP contribution in [0.2, 0.25) is 5.04 Å². The van der Waals surface area contributed by atoms with Crippen LogP contribution in [0.25, 0.3) is 66.8 Å². The van der Waals surface area contributed by atoms with Gasteiger partial charge in [-0.15, -0.1) is 0 Å². The second kappa shape index (κ2) is 21.9. The van der Waals surface area contributed by atoms with Crippen LogP contribution >= 0.6 is 0 Å². The minimum Gasteiger partial charge on any atom is -1.00 e. The summed E-state index contributed by atoms with van der Waals surface area (Å²) in [5.74, 6) is 0. The fourth-order valence-electron chi connectivity index (χ4n) is 11.5. The Labute approximate surface area is 453 Å². The number of rotatable bonds is 10. The summed E-state index contributed by atoms with van der Waals surface area (Å²) in [5.41, 5.74) is 23.1. The van der Waals surface area contributed by atoms with E-state index in [0.717, 1.165) is 0 Å². The third kappa shape index (κ3) is 9.12. The van der Waals surface area contributed by atoms with Crippen molar-refractivity contribution in [3.05, 3.63) is 256 Å². The molecule has 0 saturated carbocycles. The van der Waals surface area contributed by atoms with Crippen molar-refractivity contribution in [3.8, 4) is 66.8 Å². The van der Waals surface area contributed by atoms with Gasteiger partial charge in [-0.2, -0.15) is 0 Å². The average Bonchev–Trinajstić information content (AvgIpc) is 3.54. The van der Waals surface area contributed by atoms with Gasteiger partial charge in [-0.05, 0) is 0 Å². The molecule has 0 spiro atoms. The van der Waals surface area contributed by atoms with Crippen molar-refractivity contribution in [1.82, 2.24) is 0 Å². The summed E-state index contributed by atoms with van der Waals surface area (Å²) in [4.78, 5) is 0. The van der Waals surface area contributed by atoms with E-state index in [-0.39, 0.29) is 37.2 Å². The Morgan fingerprint density at radius 3 is 0.746 bits per heavy atom. The standard InChI is InChI=1S/C66H57Si.3ClH.Ti/c1-45-38-60(54-32-20-11-21-33-54)63(41-57(45)51-26-14-8-15-27-51)67(66(7)44-48(4)49(5)50(66)6,64-42-58(52-28-16-9-17-29-52)46(2)39-61(64)55-34-22-12-23-35-55)65-43-59(53-30-18-10-19-31-53)47(3)40-62(65)56-36-24-13-25-37-56;;;;/h8-43H,1-7H3;3*1H;/q;;;;+3/p-3. The molecule has 1 aliphatic rings. The van der Waals surface area contributed by atoms with E-state index in [1.165, 1.54) is 120 Å². The Bertz CT molecular complexity index is 3040. The first-order valence-electron chi connectivity index (χ1n) is 23.9. The van der Waals surface area contributed by atoms with Crippen LogP contribution in [0.4, 0.5) is 0 Å². The quantitative estimate of drug-likeness (QED) is 0.102. The van der Waals surface area contributed by atoms with Gasteiger partial charge >= 0.3 is 420 Å². The number of benzene rings is 9. The smallest absolute Gasteiger partial charge is 1.00 e. The molecule has 350 valence electrons. The third-order valence-electron chi connectivity index (χ3n) is 15.3. The molecule has 71 heavy (non-hydrogen) atoms. The Kier molecular flexibility index (Phi) is 16.4. The monoisotopic (exact) mass is 1030 g/mol. The first-order valence-corrected chi connectivity index (χ1v) is 26.7. The van der Waals surface area contributed by atoms with Crippen molar-refractivity contribution < 1.29 is 57.7 Å². The molecule has 9 aromatic carbocycles.